The molecular formula is C11H14BrClN2O4S. The first-order chi connectivity index (χ1) is 9.36. The van der Waals surface area contributed by atoms with Crippen molar-refractivity contribution < 1.29 is 18.3 Å². The highest BCUT2D eigenvalue weighted by Gasteiger charge is 2.36. The number of aromatic nitrogens is 1. The Labute approximate surface area is 130 Å². The molecule has 0 aromatic carbocycles. The first-order valence-corrected chi connectivity index (χ1v) is 8.52. The Hall–Kier alpha value is -0.250. The van der Waals surface area contributed by atoms with E-state index in [1.165, 1.54) is 16.6 Å². The minimum absolute atomic E-state index is 0.0565. The van der Waals surface area contributed by atoms with Gasteiger partial charge >= 0.3 is 0 Å². The maximum Gasteiger partial charge on any atom is 0.246 e. The van der Waals surface area contributed by atoms with E-state index >= 15 is 0 Å². The molecule has 1 aliphatic rings. The monoisotopic (exact) mass is 384 g/mol. The first kappa shape index (κ1) is 16.1. The van der Waals surface area contributed by atoms with Crippen LogP contribution >= 0.6 is 27.5 Å². The average Bonchev–Trinajstić information content (AvgIpc) is 2.41. The van der Waals surface area contributed by atoms with Gasteiger partial charge in [0, 0.05) is 23.3 Å². The second-order valence-electron chi connectivity index (χ2n) is 4.50. The molecule has 0 aliphatic carbocycles. The summed E-state index contributed by atoms with van der Waals surface area (Å²) in [5.41, 5.74) is 0. The number of halogens is 2. The van der Waals surface area contributed by atoms with Gasteiger partial charge in [0.05, 0.1) is 19.3 Å². The van der Waals surface area contributed by atoms with Gasteiger partial charge in [-0.1, -0.05) is 11.6 Å². The van der Waals surface area contributed by atoms with Gasteiger partial charge < -0.3 is 9.84 Å². The Bertz CT molecular complexity index is 598. The Morgan fingerprint density at radius 1 is 1.65 bits per heavy atom. The van der Waals surface area contributed by atoms with Crippen LogP contribution in [0.15, 0.2) is 21.6 Å². The van der Waals surface area contributed by atoms with Crippen LogP contribution in [0, 0.1) is 0 Å². The molecular weight excluding hydrogens is 372 g/mol. The van der Waals surface area contributed by atoms with E-state index < -0.39 is 16.1 Å². The summed E-state index contributed by atoms with van der Waals surface area (Å²) in [6.07, 6.45) is 0.903. The fourth-order valence-electron chi connectivity index (χ4n) is 1.95. The Kier molecular flexibility index (Phi) is 5.04. The summed E-state index contributed by atoms with van der Waals surface area (Å²) in [4.78, 5) is 3.78. The van der Waals surface area contributed by atoms with Crippen LogP contribution < -0.4 is 0 Å². The molecule has 6 nitrogen and oxygen atoms in total. The standard InChI is InChI=1S/C11H14BrClN2O4S/c1-7-6-19-9(5-16)4-15(7)20(17,18)10-2-8(12)3-14-11(10)13/h2-3,7,9,16H,4-6H2,1H3. The predicted molar refractivity (Wildman–Crippen MR) is 77.1 cm³/mol. The summed E-state index contributed by atoms with van der Waals surface area (Å²) >= 11 is 9.08. The molecule has 20 heavy (non-hydrogen) atoms. The van der Waals surface area contributed by atoms with Gasteiger partial charge in [-0.15, -0.1) is 0 Å². The molecule has 112 valence electrons. The topological polar surface area (TPSA) is 79.7 Å². The number of pyridine rings is 1. The van der Waals surface area contributed by atoms with E-state index in [4.69, 9.17) is 21.4 Å². The van der Waals surface area contributed by atoms with Gasteiger partial charge in [-0.25, -0.2) is 13.4 Å². The molecule has 2 heterocycles. The third-order valence-corrected chi connectivity index (χ3v) is 5.85. The van der Waals surface area contributed by atoms with Crippen LogP contribution in [0.25, 0.3) is 0 Å². The van der Waals surface area contributed by atoms with Crippen molar-refractivity contribution in [1.82, 2.24) is 9.29 Å². The quantitative estimate of drug-likeness (QED) is 0.793. The van der Waals surface area contributed by atoms with Gasteiger partial charge in [-0.2, -0.15) is 4.31 Å². The number of hydrogen-bond donors (Lipinski definition) is 1. The zero-order chi connectivity index (χ0) is 14.9. The number of rotatable bonds is 3. The number of sulfonamides is 1. The molecule has 0 amide bonds. The molecule has 1 aromatic rings. The lowest BCUT2D eigenvalue weighted by atomic mass is 10.2. The van der Waals surface area contributed by atoms with Crippen LogP contribution in [-0.2, 0) is 14.8 Å². The van der Waals surface area contributed by atoms with E-state index in [9.17, 15) is 8.42 Å². The highest BCUT2D eigenvalue weighted by atomic mass is 79.9. The lowest BCUT2D eigenvalue weighted by Gasteiger charge is -2.36. The van der Waals surface area contributed by atoms with Gasteiger partial charge in [0.2, 0.25) is 10.0 Å². The highest BCUT2D eigenvalue weighted by Crippen LogP contribution is 2.28. The van der Waals surface area contributed by atoms with E-state index in [2.05, 4.69) is 20.9 Å². The van der Waals surface area contributed by atoms with E-state index in [1.54, 1.807) is 6.92 Å². The fraction of sp³-hybridized carbons (Fsp3) is 0.545. The number of morpholine rings is 1. The van der Waals surface area contributed by atoms with Crippen LogP contribution in [0.5, 0.6) is 0 Å². The largest absolute Gasteiger partial charge is 0.394 e. The van der Waals surface area contributed by atoms with Crippen molar-refractivity contribution in [3.63, 3.8) is 0 Å². The van der Waals surface area contributed by atoms with Crippen molar-refractivity contribution in [2.45, 2.75) is 24.0 Å². The SMILES string of the molecule is CC1COC(CO)CN1S(=O)(=O)c1cc(Br)cnc1Cl. The average molecular weight is 386 g/mol. The molecule has 1 saturated heterocycles. The van der Waals surface area contributed by atoms with Gasteiger partial charge in [-0.3, -0.25) is 0 Å². The molecule has 0 spiro atoms. The van der Waals surface area contributed by atoms with Crippen LogP contribution in [0.3, 0.4) is 0 Å². The van der Waals surface area contributed by atoms with Crippen LogP contribution in [0.4, 0.5) is 0 Å². The molecule has 1 N–H and O–H groups in total. The molecule has 0 radical (unpaired) electrons. The molecule has 9 heteroatoms. The molecule has 0 bridgehead atoms. The maximum atomic E-state index is 12.7. The van der Waals surface area contributed by atoms with Crippen molar-refractivity contribution in [1.29, 1.82) is 0 Å². The third-order valence-electron chi connectivity index (χ3n) is 3.01. The van der Waals surface area contributed by atoms with E-state index in [-0.39, 0.29) is 35.8 Å². The molecule has 1 aliphatic heterocycles. The van der Waals surface area contributed by atoms with Crippen molar-refractivity contribution in [3.05, 3.63) is 21.9 Å². The van der Waals surface area contributed by atoms with E-state index in [0.29, 0.717) is 4.47 Å². The summed E-state index contributed by atoms with van der Waals surface area (Å²) in [6, 6.07) is 1.08. The molecule has 2 rings (SSSR count). The van der Waals surface area contributed by atoms with Gasteiger partial charge in [0.1, 0.15) is 10.0 Å². The van der Waals surface area contributed by atoms with Crippen molar-refractivity contribution in [2.24, 2.45) is 0 Å². The Morgan fingerprint density at radius 2 is 2.35 bits per heavy atom. The zero-order valence-electron chi connectivity index (χ0n) is 10.7. The number of nitrogens with zero attached hydrogens (tertiary/aromatic N) is 2. The summed E-state index contributed by atoms with van der Waals surface area (Å²) in [5.74, 6) is 0. The third kappa shape index (κ3) is 3.15. The van der Waals surface area contributed by atoms with Crippen LogP contribution in [0.2, 0.25) is 5.15 Å². The number of ether oxygens (including phenoxy) is 1. The number of aliphatic hydroxyl groups is 1. The van der Waals surface area contributed by atoms with Crippen LogP contribution in [-0.4, -0.2) is 54.7 Å². The van der Waals surface area contributed by atoms with Crippen LogP contribution in [0.1, 0.15) is 6.92 Å². The Morgan fingerprint density at radius 3 is 3.00 bits per heavy atom. The lowest BCUT2D eigenvalue weighted by Crippen LogP contribution is -2.51. The number of hydrogen-bond acceptors (Lipinski definition) is 5. The zero-order valence-corrected chi connectivity index (χ0v) is 13.8. The predicted octanol–water partition coefficient (Wildman–Crippen LogP) is 1.27. The van der Waals surface area contributed by atoms with Gasteiger partial charge in [0.15, 0.2) is 0 Å². The van der Waals surface area contributed by atoms with E-state index in [0.717, 1.165) is 0 Å². The normalized spacial score (nSPS) is 24.8. The minimum atomic E-state index is -3.79. The molecule has 1 fully saturated rings. The summed E-state index contributed by atoms with van der Waals surface area (Å²) < 4.78 is 32.5. The van der Waals surface area contributed by atoms with Crippen molar-refractivity contribution >= 4 is 37.6 Å². The minimum Gasteiger partial charge on any atom is -0.394 e. The molecule has 1 aromatic heterocycles. The van der Waals surface area contributed by atoms with Gasteiger partial charge in [0.25, 0.3) is 0 Å². The summed E-state index contributed by atoms with van der Waals surface area (Å²) in [6.45, 7) is 1.82. The van der Waals surface area contributed by atoms with E-state index in [1.807, 2.05) is 0 Å². The maximum absolute atomic E-state index is 12.7. The molecule has 2 unspecified atom stereocenters. The van der Waals surface area contributed by atoms with Crippen molar-refractivity contribution in [3.8, 4) is 0 Å². The second kappa shape index (κ2) is 6.25. The Balaban J connectivity index is 2.40. The highest BCUT2D eigenvalue weighted by molar-refractivity contribution is 9.10. The van der Waals surface area contributed by atoms with Crippen molar-refractivity contribution in [2.75, 3.05) is 19.8 Å². The first-order valence-electron chi connectivity index (χ1n) is 5.91. The molecule has 0 saturated carbocycles. The summed E-state index contributed by atoms with van der Waals surface area (Å²) in [7, 11) is -3.79. The second-order valence-corrected chi connectivity index (χ2v) is 7.64. The van der Waals surface area contributed by atoms with Gasteiger partial charge in [-0.05, 0) is 28.9 Å². The smallest absolute Gasteiger partial charge is 0.246 e. The fourth-order valence-corrected chi connectivity index (χ4v) is 4.52. The lowest BCUT2D eigenvalue weighted by molar-refractivity contribution is -0.0516. The molecule has 2 atom stereocenters. The summed E-state index contributed by atoms with van der Waals surface area (Å²) in [5, 5.41) is 9.06. The number of aliphatic hydroxyl groups excluding tert-OH is 1.